The van der Waals surface area contributed by atoms with Gasteiger partial charge in [0, 0.05) is 24.7 Å². The van der Waals surface area contributed by atoms with Crippen LogP contribution >= 0.6 is 0 Å². The molecular formula is C24H30F3N3O3. The van der Waals surface area contributed by atoms with Gasteiger partial charge in [-0.3, -0.25) is 14.6 Å². The highest BCUT2D eigenvalue weighted by Gasteiger charge is 2.51. The molecule has 2 aliphatic rings. The third-order valence-electron chi connectivity index (χ3n) is 6.86. The summed E-state index contributed by atoms with van der Waals surface area (Å²) in [4.78, 5) is 30.3. The Kier molecular flexibility index (Phi) is 7.31. The largest absolute Gasteiger partial charge is 0.421 e. The molecule has 1 aliphatic heterocycles. The summed E-state index contributed by atoms with van der Waals surface area (Å²) in [6.07, 6.45) is 2.34. The van der Waals surface area contributed by atoms with Gasteiger partial charge in [-0.2, -0.15) is 13.2 Å². The van der Waals surface area contributed by atoms with E-state index in [1.165, 1.54) is 12.1 Å². The average Bonchev–Trinajstić information content (AvgIpc) is 2.79. The normalized spacial score (nSPS) is 25.2. The van der Waals surface area contributed by atoms with Gasteiger partial charge in [-0.25, -0.2) is 0 Å². The molecular weight excluding hydrogens is 435 g/mol. The number of benzene rings is 1. The number of carbonyl (C=O) groups is 2. The number of hydrogen-bond donors (Lipinski definition) is 2. The Bertz CT molecular complexity index is 931. The summed E-state index contributed by atoms with van der Waals surface area (Å²) in [7, 11) is 0. The van der Waals surface area contributed by atoms with Gasteiger partial charge < -0.3 is 15.7 Å². The number of aliphatic hydroxyl groups is 1. The molecule has 2 atom stereocenters. The van der Waals surface area contributed by atoms with Crippen molar-refractivity contribution in [2.45, 2.75) is 57.3 Å². The lowest BCUT2D eigenvalue weighted by Gasteiger charge is -2.38. The molecule has 0 aromatic heterocycles. The van der Waals surface area contributed by atoms with Crippen molar-refractivity contribution in [2.75, 3.05) is 13.1 Å². The summed E-state index contributed by atoms with van der Waals surface area (Å²) in [6, 6.07) is 5.04. The number of alkyl halides is 3. The molecule has 1 unspecified atom stereocenters. The number of rotatable bonds is 6. The molecule has 0 spiro atoms. The molecule has 1 heterocycles. The maximum atomic E-state index is 13.1. The molecule has 1 aromatic rings. The smallest absolute Gasteiger partial charge is 0.376 e. The third kappa shape index (κ3) is 5.29. The highest BCUT2D eigenvalue weighted by molar-refractivity contribution is 6.43. The van der Waals surface area contributed by atoms with Crippen LogP contribution in [-0.2, 0) is 10.4 Å². The highest BCUT2D eigenvalue weighted by atomic mass is 19.4. The molecule has 1 aliphatic carbocycles. The zero-order valence-corrected chi connectivity index (χ0v) is 18.8. The second kappa shape index (κ2) is 9.67. The first kappa shape index (κ1) is 25.0. The number of primary amides is 1. The van der Waals surface area contributed by atoms with Crippen LogP contribution in [0.25, 0.3) is 0 Å². The molecule has 3 rings (SSSR count). The van der Waals surface area contributed by atoms with Gasteiger partial charge >= 0.3 is 6.18 Å². The lowest BCUT2D eigenvalue weighted by Crippen LogP contribution is -2.43. The van der Waals surface area contributed by atoms with Gasteiger partial charge in [0.2, 0.25) is 0 Å². The van der Waals surface area contributed by atoms with E-state index in [1.807, 2.05) is 13.0 Å². The molecule has 3 N–H and O–H groups in total. The molecule has 1 fully saturated rings. The molecule has 6 nitrogen and oxygen atoms in total. The predicted octanol–water partition coefficient (Wildman–Crippen LogP) is 3.59. The number of amides is 2. The number of carbonyl (C=O) groups excluding carboxylic acids is 2. The molecule has 1 saturated carbocycles. The van der Waals surface area contributed by atoms with Gasteiger partial charge in [0.15, 0.2) is 5.60 Å². The second-order valence-corrected chi connectivity index (χ2v) is 8.92. The van der Waals surface area contributed by atoms with Crippen LogP contribution in [0.5, 0.6) is 0 Å². The van der Waals surface area contributed by atoms with Crippen molar-refractivity contribution in [2.24, 2.45) is 22.6 Å². The lowest BCUT2D eigenvalue weighted by atomic mass is 9.77. The van der Waals surface area contributed by atoms with Crippen LogP contribution < -0.4 is 5.73 Å². The summed E-state index contributed by atoms with van der Waals surface area (Å²) in [6.45, 7) is 3.61. The predicted molar refractivity (Wildman–Crippen MR) is 119 cm³/mol. The van der Waals surface area contributed by atoms with Crippen LogP contribution in [0.15, 0.2) is 41.4 Å². The standard InChI is InChI=1S/C24H30F3N3O3/c1-3-30(22(32)16-4-9-18(10-5-16)23(2,33)24(25,26)27)19-11-6-15(7-12-19)17-8-13-20(21(28)31)29-14-17/h4-5,8-10,13,15,17,19,33H,3,6-7,11-12,14H2,1-2H3,(H2,28,31)/t15?,17?,19?,23-/m0/s1. The monoisotopic (exact) mass is 465 g/mol. The third-order valence-corrected chi connectivity index (χ3v) is 6.86. The Morgan fingerprint density at radius 1 is 1.15 bits per heavy atom. The van der Waals surface area contributed by atoms with E-state index in [4.69, 9.17) is 5.73 Å². The minimum Gasteiger partial charge on any atom is -0.376 e. The van der Waals surface area contributed by atoms with Gasteiger partial charge in [-0.1, -0.05) is 18.2 Å². The van der Waals surface area contributed by atoms with E-state index < -0.39 is 17.7 Å². The molecule has 2 amide bonds. The topological polar surface area (TPSA) is 96.0 Å². The summed E-state index contributed by atoms with van der Waals surface area (Å²) in [5.74, 6) is -0.102. The van der Waals surface area contributed by atoms with E-state index in [0.29, 0.717) is 37.2 Å². The van der Waals surface area contributed by atoms with Crippen molar-refractivity contribution < 1.29 is 27.9 Å². The first-order chi connectivity index (χ1) is 15.5. The van der Waals surface area contributed by atoms with Crippen LogP contribution in [0.3, 0.4) is 0 Å². The van der Waals surface area contributed by atoms with Gasteiger partial charge in [-0.05, 0) is 75.1 Å². The van der Waals surface area contributed by atoms with Crippen LogP contribution in [-0.4, -0.2) is 52.8 Å². The Labute approximate surface area is 191 Å². The van der Waals surface area contributed by atoms with E-state index in [1.54, 1.807) is 11.0 Å². The molecule has 33 heavy (non-hydrogen) atoms. The van der Waals surface area contributed by atoms with Gasteiger partial charge in [-0.15, -0.1) is 0 Å². The van der Waals surface area contributed by atoms with E-state index in [0.717, 1.165) is 37.8 Å². The fourth-order valence-corrected chi connectivity index (χ4v) is 4.67. The van der Waals surface area contributed by atoms with Crippen molar-refractivity contribution in [1.29, 1.82) is 0 Å². The highest BCUT2D eigenvalue weighted by Crippen LogP contribution is 2.39. The molecule has 180 valence electrons. The molecule has 0 bridgehead atoms. The van der Waals surface area contributed by atoms with Crippen molar-refractivity contribution >= 4 is 17.5 Å². The molecule has 0 saturated heterocycles. The zero-order chi connectivity index (χ0) is 24.4. The van der Waals surface area contributed by atoms with Crippen LogP contribution in [0.4, 0.5) is 13.2 Å². The summed E-state index contributed by atoms with van der Waals surface area (Å²) < 4.78 is 39.2. The summed E-state index contributed by atoms with van der Waals surface area (Å²) >= 11 is 0. The second-order valence-electron chi connectivity index (χ2n) is 8.92. The minimum atomic E-state index is -4.81. The molecule has 0 radical (unpaired) electrons. The van der Waals surface area contributed by atoms with Crippen LogP contribution in [0.2, 0.25) is 0 Å². The van der Waals surface area contributed by atoms with Crippen molar-refractivity contribution in [3.8, 4) is 0 Å². The van der Waals surface area contributed by atoms with Crippen molar-refractivity contribution in [1.82, 2.24) is 4.90 Å². The maximum Gasteiger partial charge on any atom is 0.421 e. The lowest BCUT2D eigenvalue weighted by molar-refractivity contribution is -0.258. The first-order valence-corrected chi connectivity index (χ1v) is 11.2. The number of nitrogens with zero attached hydrogens (tertiary/aromatic N) is 2. The number of hydrogen-bond acceptors (Lipinski definition) is 4. The van der Waals surface area contributed by atoms with E-state index >= 15 is 0 Å². The van der Waals surface area contributed by atoms with Crippen LogP contribution in [0.1, 0.15) is 55.5 Å². The van der Waals surface area contributed by atoms with E-state index in [2.05, 4.69) is 4.99 Å². The van der Waals surface area contributed by atoms with Crippen molar-refractivity contribution in [3.63, 3.8) is 0 Å². The number of aliphatic imine (C=N–C) groups is 1. The van der Waals surface area contributed by atoms with Crippen LogP contribution in [0, 0.1) is 11.8 Å². The summed E-state index contributed by atoms with van der Waals surface area (Å²) in [5.41, 5.74) is 2.57. The Hall–Kier alpha value is -2.68. The number of dihydropyridines is 1. The van der Waals surface area contributed by atoms with E-state index in [9.17, 15) is 27.9 Å². The fourth-order valence-electron chi connectivity index (χ4n) is 4.67. The van der Waals surface area contributed by atoms with E-state index in [-0.39, 0.29) is 23.4 Å². The zero-order valence-electron chi connectivity index (χ0n) is 18.8. The fraction of sp³-hybridized carbons (Fsp3) is 0.542. The molecule has 9 heteroatoms. The number of nitrogens with two attached hydrogens (primary N) is 1. The SMILES string of the molecule is CCN(C(=O)c1ccc([C@](C)(O)C(F)(F)F)cc1)C1CCC(C2C=CC(C(N)=O)=NC2)CC1. The first-order valence-electron chi connectivity index (χ1n) is 11.2. The van der Waals surface area contributed by atoms with Gasteiger partial charge in [0.05, 0.1) is 0 Å². The Morgan fingerprint density at radius 3 is 2.21 bits per heavy atom. The van der Waals surface area contributed by atoms with Gasteiger partial charge in [0.25, 0.3) is 11.8 Å². The minimum absolute atomic E-state index is 0.0500. The van der Waals surface area contributed by atoms with Gasteiger partial charge in [0.1, 0.15) is 5.71 Å². The maximum absolute atomic E-state index is 13.1. The average molecular weight is 466 g/mol. The number of halogens is 3. The quantitative estimate of drug-likeness (QED) is 0.672. The van der Waals surface area contributed by atoms with Crippen molar-refractivity contribution in [3.05, 3.63) is 47.5 Å². The Morgan fingerprint density at radius 2 is 1.76 bits per heavy atom. The summed E-state index contributed by atoms with van der Waals surface area (Å²) in [5, 5.41) is 9.83. The Balaban J connectivity index is 1.62. The molecule has 1 aromatic carbocycles.